The highest BCUT2D eigenvalue weighted by molar-refractivity contribution is 7.47. The Morgan fingerprint density at radius 1 is 0.527 bits per heavy atom. The van der Waals surface area contributed by atoms with Crippen LogP contribution in [0, 0.1) is 0 Å². The van der Waals surface area contributed by atoms with Gasteiger partial charge in [-0.05, 0) is 38.5 Å². The van der Waals surface area contributed by atoms with Gasteiger partial charge in [0.2, 0.25) is 0 Å². The maximum absolute atomic E-state index is 12.6. The fraction of sp³-hybridized carbons (Fsp3) is 0.911. The van der Waals surface area contributed by atoms with Gasteiger partial charge in [-0.25, -0.2) is 4.57 Å². The summed E-state index contributed by atoms with van der Waals surface area (Å²) in [5, 5.41) is 0. The van der Waals surface area contributed by atoms with E-state index >= 15 is 0 Å². The summed E-state index contributed by atoms with van der Waals surface area (Å²) in [5.74, 6) is -0.820. The average Bonchev–Trinajstić information content (AvgIpc) is 3.17. The predicted octanol–water partition coefficient (Wildman–Crippen LogP) is 13.4. The molecule has 0 saturated heterocycles. The van der Waals surface area contributed by atoms with Crippen molar-refractivity contribution < 1.29 is 37.6 Å². The molecule has 0 aliphatic heterocycles. The highest BCUT2D eigenvalue weighted by Gasteiger charge is 2.26. The molecular weight excluding hydrogens is 713 g/mol. The molecule has 0 rings (SSSR count). The first-order chi connectivity index (χ1) is 26.8. The van der Waals surface area contributed by atoms with Crippen molar-refractivity contribution in [1.29, 1.82) is 0 Å². The Morgan fingerprint density at radius 2 is 0.891 bits per heavy atom. The number of unbranched alkanes of at least 4 members (excludes halogenated alkanes) is 29. The Hall–Kier alpha value is -1.25. The topological polar surface area (TPSA) is 134 Å². The summed E-state index contributed by atoms with van der Waals surface area (Å²) in [6.45, 7) is 3.76. The van der Waals surface area contributed by atoms with E-state index in [9.17, 15) is 19.0 Å². The summed E-state index contributed by atoms with van der Waals surface area (Å²) in [6, 6.07) is 0. The fourth-order valence-corrected chi connectivity index (χ4v) is 7.45. The lowest BCUT2D eigenvalue weighted by atomic mass is 10.0. The lowest BCUT2D eigenvalue weighted by molar-refractivity contribution is -0.161. The van der Waals surface area contributed by atoms with Gasteiger partial charge in [0.25, 0.3) is 0 Å². The van der Waals surface area contributed by atoms with E-state index in [0.29, 0.717) is 6.42 Å². The minimum absolute atomic E-state index is 0.0556. The molecule has 0 aromatic heterocycles. The summed E-state index contributed by atoms with van der Waals surface area (Å²) in [6.07, 6.45) is 43.8. The Kier molecular flexibility index (Phi) is 41.4. The molecule has 0 heterocycles. The van der Waals surface area contributed by atoms with Crippen LogP contribution in [-0.2, 0) is 32.7 Å². The minimum atomic E-state index is -4.37. The van der Waals surface area contributed by atoms with E-state index in [0.717, 1.165) is 44.9 Å². The zero-order valence-corrected chi connectivity index (χ0v) is 36.8. The number of allylic oxidation sites excluding steroid dienone is 2. The molecule has 0 saturated carbocycles. The molecule has 0 bridgehead atoms. The number of phosphoric acid groups is 1. The molecule has 326 valence electrons. The molecule has 0 aliphatic carbocycles. The van der Waals surface area contributed by atoms with Crippen LogP contribution in [0.4, 0.5) is 0 Å². The van der Waals surface area contributed by atoms with Gasteiger partial charge in [0.1, 0.15) is 6.61 Å². The van der Waals surface area contributed by atoms with Crippen LogP contribution in [0.25, 0.3) is 0 Å². The van der Waals surface area contributed by atoms with Crippen LogP contribution in [0.15, 0.2) is 12.2 Å². The molecule has 1 unspecified atom stereocenters. The van der Waals surface area contributed by atoms with Crippen LogP contribution in [-0.4, -0.2) is 49.3 Å². The van der Waals surface area contributed by atoms with Gasteiger partial charge in [-0.1, -0.05) is 193 Å². The van der Waals surface area contributed by atoms with E-state index in [1.807, 2.05) is 0 Å². The van der Waals surface area contributed by atoms with Crippen LogP contribution >= 0.6 is 7.82 Å². The Bertz CT molecular complexity index is 917. The first-order valence-corrected chi connectivity index (χ1v) is 24.7. The molecule has 10 heteroatoms. The van der Waals surface area contributed by atoms with Gasteiger partial charge >= 0.3 is 19.8 Å². The van der Waals surface area contributed by atoms with Crippen molar-refractivity contribution in [2.75, 3.05) is 26.4 Å². The van der Waals surface area contributed by atoms with Gasteiger partial charge in [0.05, 0.1) is 13.2 Å². The van der Waals surface area contributed by atoms with Crippen LogP contribution in [0.5, 0.6) is 0 Å². The Morgan fingerprint density at radius 3 is 1.29 bits per heavy atom. The molecule has 3 N–H and O–H groups in total. The second kappa shape index (κ2) is 42.4. The summed E-state index contributed by atoms with van der Waals surface area (Å²) in [4.78, 5) is 34.9. The van der Waals surface area contributed by atoms with Crippen LogP contribution < -0.4 is 5.73 Å². The van der Waals surface area contributed by atoms with Crippen molar-refractivity contribution in [1.82, 2.24) is 0 Å². The number of hydrogen-bond donors (Lipinski definition) is 2. The Balaban J connectivity index is 4.08. The van der Waals surface area contributed by atoms with Crippen molar-refractivity contribution in [2.24, 2.45) is 5.73 Å². The molecule has 2 atom stereocenters. The van der Waals surface area contributed by atoms with E-state index in [1.165, 1.54) is 154 Å². The van der Waals surface area contributed by atoms with Gasteiger partial charge in [0.15, 0.2) is 6.10 Å². The zero-order valence-electron chi connectivity index (χ0n) is 35.9. The number of phosphoric ester groups is 1. The third-order valence-corrected chi connectivity index (χ3v) is 11.1. The lowest BCUT2D eigenvalue weighted by Crippen LogP contribution is -2.29. The highest BCUT2D eigenvalue weighted by Crippen LogP contribution is 2.43. The van der Waals surface area contributed by atoms with Crippen molar-refractivity contribution in [3.63, 3.8) is 0 Å². The molecular formula is C45H88NO8P. The van der Waals surface area contributed by atoms with E-state index in [2.05, 4.69) is 26.0 Å². The second-order valence-electron chi connectivity index (χ2n) is 15.6. The van der Waals surface area contributed by atoms with Crippen LogP contribution in [0.2, 0.25) is 0 Å². The van der Waals surface area contributed by atoms with Gasteiger partial charge < -0.3 is 20.1 Å². The summed E-state index contributed by atoms with van der Waals surface area (Å²) in [7, 11) is -4.37. The van der Waals surface area contributed by atoms with E-state index in [1.54, 1.807) is 0 Å². The number of esters is 2. The van der Waals surface area contributed by atoms with Gasteiger partial charge in [-0.15, -0.1) is 0 Å². The van der Waals surface area contributed by atoms with E-state index < -0.39 is 26.5 Å². The maximum atomic E-state index is 12.6. The standard InChI is InChI=1S/C45H88NO8P/c1-3-5-7-9-11-13-15-17-19-21-23-25-27-29-31-33-35-37-44(47)51-41-43(42-53-55(49,50)52-40-39-46)54-45(48)38-36-34-32-30-28-26-24-22-20-18-16-14-12-10-8-6-4-2/h18,20,43H,3-17,19,21-42,46H2,1-2H3,(H,49,50)/b20-18+/t43-/m1/s1. The quantitative estimate of drug-likeness (QED) is 0.0267. The van der Waals surface area contributed by atoms with E-state index in [-0.39, 0.29) is 38.6 Å². The molecule has 0 aromatic rings. The van der Waals surface area contributed by atoms with Crippen molar-refractivity contribution >= 4 is 19.8 Å². The number of hydrogen-bond acceptors (Lipinski definition) is 8. The number of carbonyl (C=O) groups is 2. The van der Waals surface area contributed by atoms with Crippen LogP contribution in [0.1, 0.15) is 232 Å². The minimum Gasteiger partial charge on any atom is -0.462 e. The lowest BCUT2D eigenvalue weighted by Gasteiger charge is -2.19. The van der Waals surface area contributed by atoms with E-state index in [4.69, 9.17) is 24.3 Å². The third kappa shape index (κ3) is 42.2. The van der Waals surface area contributed by atoms with Gasteiger partial charge in [-0.2, -0.15) is 0 Å². The first-order valence-electron chi connectivity index (χ1n) is 23.2. The van der Waals surface area contributed by atoms with Gasteiger partial charge in [-0.3, -0.25) is 18.6 Å². The average molecular weight is 802 g/mol. The molecule has 9 nitrogen and oxygen atoms in total. The van der Waals surface area contributed by atoms with Gasteiger partial charge in [0, 0.05) is 19.4 Å². The summed E-state index contributed by atoms with van der Waals surface area (Å²) >= 11 is 0. The second-order valence-corrected chi connectivity index (χ2v) is 17.1. The largest absolute Gasteiger partial charge is 0.472 e. The smallest absolute Gasteiger partial charge is 0.462 e. The van der Waals surface area contributed by atoms with Crippen molar-refractivity contribution in [3.8, 4) is 0 Å². The third-order valence-electron chi connectivity index (χ3n) is 10.2. The predicted molar refractivity (Wildman–Crippen MR) is 229 cm³/mol. The number of rotatable bonds is 44. The fourth-order valence-electron chi connectivity index (χ4n) is 6.69. The normalized spacial score (nSPS) is 13.3. The van der Waals surface area contributed by atoms with Crippen LogP contribution in [0.3, 0.4) is 0 Å². The molecule has 0 amide bonds. The number of nitrogens with two attached hydrogens (primary N) is 1. The monoisotopic (exact) mass is 802 g/mol. The van der Waals surface area contributed by atoms with Crippen molar-refractivity contribution in [3.05, 3.63) is 12.2 Å². The first kappa shape index (κ1) is 53.8. The number of carbonyl (C=O) groups excluding carboxylic acids is 2. The number of ether oxygens (including phenoxy) is 2. The maximum Gasteiger partial charge on any atom is 0.472 e. The molecule has 0 aliphatic rings. The molecule has 0 fully saturated rings. The SMILES string of the molecule is CCCCCCCC/C=C/CCCCCCCCCC(=O)O[C@H](COC(=O)CCCCCCCCCCCCCCCCCCC)COP(=O)(O)OCCN. The molecule has 0 spiro atoms. The summed E-state index contributed by atoms with van der Waals surface area (Å²) < 4.78 is 32.8. The Labute approximate surface area is 339 Å². The zero-order chi connectivity index (χ0) is 40.3. The summed E-state index contributed by atoms with van der Waals surface area (Å²) in [5.41, 5.74) is 5.35. The van der Waals surface area contributed by atoms with Crippen molar-refractivity contribution in [2.45, 2.75) is 238 Å². The highest BCUT2D eigenvalue weighted by atomic mass is 31.2. The molecule has 0 aromatic carbocycles. The molecule has 55 heavy (non-hydrogen) atoms. The molecule has 0 radical (unpaired) electrons.